The molecule has 1 saturated heterocycles. The second kappa shape index (κ2) is 6.86. The molecular formula is C19H21N5O3. The third kappa shape index (κ3) is 3.42. The Morgan fingerprint density at radius 1 is 1.26 bits per heavy atom. The van der Waals surface area contributed by atoms with E-state index in [1.54, 1.807) is 6.07 Å². The normalized spacial score (nSPS) is 18.8. The molecule has 8 heteroatoms. The van der Waals surface area contributed by atoms with E-state index in [1.165, 1.54) is 0 Å². The number of fused-ring (bicyclic) bond motifs is 1. The number of amides is 2. The molecule has 3 heterocycles. The summed E-state index contributed by atoms with van der Waals surface area (Å²) in [7, 11) is 0. The van der Waals surface area contributed by atoms with E-state index in [0.29, 0.717) is 11.6 Å². The summed E-state index contributed by atoms with van der Waals surface area (Å²) in [6, 6.07) is 7.37. The van der Waals surface area contributed by atoms with Gasteiger partial charge in [-0.15, -0.1) is 0 Å². The first kappa shape index (κ1) is 17.3. The van der Waals surface area contributed by atoms with E-state index in [0.717, 1.165) is 31.5 Å². The van der Waals surface area contributed by atoms with E-state index in [4.69, 9.17) is 0 Å². The molecule has 0 aliphatic carbocycles. The van der Waals surface area contributed by atoms with Crippen LogP contribution in [0.4, 0.5) is 17.5 Å². The van der Waals surface area contributed by atoms with Gasteiger partial charge in [-0.1, -0.05) is 12.1 Å². The van der Waals surface area contributed by atoms with E-state index in [-0.39, 0.29) is 29.3 Å². The Kier molecular flexibility index (Phi) is 4.39. The lowest BCUT2D eigenvalue weighted by atomic mass is 9.92. The van der Waals surface area contributed by atoms with E-state index in [1.807, 2.05) is 30.0 Å². The number of carbonyl (C=O) groups is 2. The first-order chi connectivity index (χ1) is 13.0. The molecule has 2 amide bonds. The number of rotatable bonds is 3. The highest BCUT2D eigenvalue weighted by Gasteiger charge is 2.35. The van der Waals surface area contributed by atoms with Gasteiger partial charge in [0.1, 0.15) is 5.82 Å². The number of nitrogens with zero attached hydrogens (tertiary/aromatic N) is 2. The van der Waals surface area contributed by atoms with E-state index < -0.39 is 11.8 Å². The van der Waals surface area contributed by atoms with Gasteiger partial charge in [-0.25, -0.2) is 0 Å². The SMILES string of the molecule is Cc1cccc(NC(=O)[C@@H]2CC(=O)Nc3nc(N4CCCC4)[nH]c(=O)c32)c1. The third-order valence-corrected chi connectivity index (χ3v) is 4.95. The number of H-pyrrole nitrogens is 1. The Balaban J connectivity index is 1.66. The van der Waals surface area contributed by atoms with Crippen molar-refractivity contribution < 1.29 is 9.59 Å². The quantitative estimate of drug-likeness (QED) is 0.766. The van der Waals surface area contributed by atoms with Gasteiger partial charge in [-0.05, 0) is 37.5 Å². The van der Waals surface area contributed by atoms with Gasteiger partial charge in [0.05, 0.1) is 11.5 Å². The van der Waals surface area contributed by atoms with Gasteiger partial charge in [0.25, 0.3) is 5.56 Å². The minimum Gasteiger partial charge on any atom is -0.342 e. The fourth-order valence-corrected chi connectivity index (χ4v) is 3.61. The highest BCUT2D eigenvalue weighted by molar-refractivity contribution is 6.04. The fraction of sp³-hybridized carbons (Fsp3) is 0.368. The first-order valence-electron chi connectivity index (χ1n) is 9.08. The molecule has 27 heavy (non-hydrogen) atoms. The highest BCUT2D eigenvalue weighted by Crippen LogP contribution is 2.30. The molecule has 2 aliphatic rings. The van der Waals surface area contributed by atoms with Crippen molar-refractivity contribution in [1.29, 1.82) is 0 Å². The maximum Gasteiger partial charge on any atom is 0.258 e. The van der Waals surface area contributed by atoms with E-state index in [2.05, 4.69) is 20.6 Å². The molecule has 0 spiro atoms. The Morgan fingerprint density at radius 2 is 2.04 bits per heavy atom. The van der Waals surface area contributed by atoms with Crippen LogP contribution < -0.4 is 21.1 Å². The lowest BCUT2D eigenvalue weighted by Crippen LogP contribution is -2.37. The maximum absolute atomic E-state index is 12.8. The molecule has 140 valence electrons. The molecule has 0 bridgehead atoms. The van der Waals surface area contributed by atoms with Crippen LogP contribution in [0.25, 0.3) is 0 Å². The van der Waals surface area contributed by atoms with Crippen molar-refractivity contribution in [3.8, 4) is 0 Å². The summed E-state index contributed by atoms with van der Waals surface area (Å²) < 4.78 is 0. The number of nitrogens with one attached hydrogen (secondary N) is 3. The molecule has 0 unspecified atom stereocenters. The monoisotopic (exact) mass is 367 g/mol. The summed E-state index contributed by atoms with van der Waals surface area (Å²) in [6.07, 6.45) is 1.99. The third-order valence-electron chi connectivity index (χ3n) is 4.95. The molecule has 2 aliphatic heterocycles. The molecule has 0 radical (unpaired) electrons. The fourth-order valence-electron chi connectivity index (χ4n) is 3.61. The number of aryl methyl sites for hydroxylation is 1. The van der Waals surface area contributed by atoms with Gasteiger partial charge >= 0.3 is 0 Å². The van der Waals surface area contributed by atoms with Crippen LogP contribution in [-0.4, -0.2) is 34.9 Å². The lowest BCUT2D eigenvalue weighted by Gasteiger charge is -2.25. The van der Waals surface area contributed by atoms with E-state index >= 15 is 0 Å². The number of carbonyl (C=O) groups excluding carboxylic acids is 2. The van der Waals surface area contributed by atoms with E-state index in [9.17, 15) is 14.4 Å². The molecular weight excluding hydrogens is 346 g/mol. The van der Waals surface area contributed by atoms with Crippen LogP contribution in [0.5, 0.6) is 0 Å². The summed E-state index contributed by atoms with van der Waals surface area (Å²) in [6.45, 7) is 3.55. The van der Waals surface area contributed by atoms with Crippen molar-refractivity contribution in [2.24, 2.45) is 0 Å². The van der Waals surface area contributed by atoms with Crippen LogP contribution in [0, 0.1) is 6.92 Å². The maximum atomic E-state index is 12.8. The zero-order valence-corrected chi connectivity index (χ0v) is 15.0. The van der Waals surface area contributed by atoms with Gasteiger partial charge in [-0.3, -0.25) is 19.4 Å². The number of anilines is 3. The number of aromatic amines is 1. The topological polar surface area (TPSA) is 107 Å². The molecule has 2 aromatic rings. The number of aromatic nitrogens is 2. The summed E-state index contributed by atoms with van der Waals surface area (Å²) >= 11 is 0. The number of hydrogen-bond acceptors (Lipinski definition) is 5. The first-order valence-corrected chi connectivity index (χ1v) is 9.08. The molecule has 0 saturated carbocycles. The van der Waals surface area contributed by atoms with Crippen LogP contribution in [-0.2, 0) is 9.59 Å². The Hall–Kier alpha value is -3.16. The lowest BCUT2D eigenvalue weighted by molar-refractivity contribution is -0.123. The van der Waals surface area contributed by atoms with Crippen molar-refractivity contribution >= 4 is 29.3 Å². The van der Waals surface area contributed by atoms with Gasteiger partial charge in [-0.2, -0.15) is 4.98 Å². The number of hydrogen-bond donors (Lipinski definition) is 3. The zero-order valence-electron chi connectivity index (χ0n) is 15.0. The van der Waals surface area contributed by atoms with Crippen LogP contribution >= 0.6 is 0 Å². The smallest absolute Gasteiger partial charge is 0.258 e. The Bertz CT molecular complexity index is 962. The second-order valence-corrected chi connectivity index (χ2v) is 7.01. The van der Waals surface area contributed by atoms with Crippen LogP contribution in [0.3, 0.4) is 0 Å². The second-order valence-electron chi connectivity index (χ2n) is 7.01. The van der Waals surface area contributed by atoms with Gasteiger partial charge < -0.3 is 15.5 Å². The van der Waals surface area contributed by atoms with Crippen molar-refractivity contribution in [2.75, 3.05) is 28.6 Å². The minimum atomic E-state index is -0.877. The summed E-state index contributed by atoms with van der Waals surface area (Å²) in [5.41, 5.74) is 1.46. The van der Waals surface area contributed by atoms with Crippen molar-refractivity contribution in [3.63, 3.8) is 0 Å². The molecule has 1 aromatic heterocycles. The molecule has 1 aromatic carbocycles. The van der Waals surface area contributed by atoms with Crippen LogP contribution in [0.2, 0.25) is 0 Å². The van der Waals surface area contributed by atoms with Crippen molar-refractivity contribution in [1.82, 2.24) is 9.97 Å². The molecule has 3 N–H and O–H groups in total. The average molecular weight is 367 g/mol. The Morgan fingerprint density at radius 3 is 2.78 bits per heavy atom. The van der Waals surface area contributed by atoms with Gasteiger partial charge in [0.2, 0.25) is 17.8 Å². The standard InChI is InChI=1S/C19H21N5O3/c1-11-5-4-6-12(9-11)20-17(26)13-10-14(25)21-16-15(13)18(27)23-19(22-16)24-7-2-3-8-24/h4-6,9,13H,2-3,7-8,10H2,1H3,(H,20,26)(H2,21,22,23,25,27)/t13-/m1/s1. The van der Waals surface area contributed by atoms with Crippen LogP contribution in [0.1, 0.15) is 36.3 Å². The average Bonchev–Trinajstić information content (AvgIpc) is 3.15. The minimum absolute atomic E-state index is 0.0849. The number of benzene rings is 1. The van der Waals surface area contributed by atoms with Crippen molar-refractivity contribution in [2.45, 2.75) is 32.1 Å². The van der Waals surface area contributed by atoms with Gasteiger partial charge in [0, 0.05) is 25.2 Å². The summed E-state index contributed by atoms with van der Waals surface area (Å²) in [4.78, 5) is 46.8. The molecule has 1 fully saturated rings. The molecule has 4 rings (SSSR count). The summed E-state index contributed by atoms with van der Waals surface area (Å²) in [5, 5.41) is 5.45. The predicted molar refractivity (Wildman–Crippen MR) is 102 cm³/mol. The zero-order chi connectivity index (χ0) is 19.0. The van der Waals surface area contributed by atoms with Crippen LogP contribution in [0.15, 0.2) is 29.1 Å². The largest absolute Gasteiger partial charge is 0.342 e. The van der Waals surface area contributed by atoms with Crippen molar-refractivity contribution in [3.05, 3.63) is 45.7 Å². The Labute approximate surface area is 156 Å². The predicted octanol–water partition coefficient (Wildman–Crippen LogP) is 1.74. The van der Waals surface area contributed by atoms with Gasteiger partial charge in [0.15, 0.2) is 0 Å². The summed E-state index contributed by atoms with van der Waals surface area (Å²) in [5.74, 6) is -0.967. The molecule has 8 nitrogen and oxygen atoms in total. The highest BCUT2D eigenvalue weighted by atomic mass is 16.2. The molecule has 1 atom stereocenters.